The molecule has 0 spiro atoms. The standard InChI is InChI=1S/C41H25N3O/c1-3-10-26(11-4-1)35-23-29(24-36(44-35)27-12-5-2-6-13-27)28-18-20-34-37(22-28)42-25-38(43-34)30-19-21-40-41-32(30)15-9-16-33(41)31-14-7-8-17-39(31)45-40/h1-25H. The SMILES string of the molecule is c1ccc(-c2cc(-c3ccc4nc(-c5ccc6c7c(cccc57)-c5ccccc5O6)cnc4c3)cc(-c3ccccc3)n2)cc1. The molecular formula is C41H25N3O. The Hall–Kier alpha value is -6.13. The van der Waals surface area contributed by atoms with E-state index >= 15 is 0 Å². The molecule has 210 valence electrons. The average molecular weight is 576 g/mol. The zero-order valence-electron chi connectivity index (χ0n) is 24.2. The Morgan fingerprint density at radius 2 is 1.11 bits per heavy atom. The molecule has 0 radical (unpaired) electrons. The molecule has 4 heteroatoms. The van der Waals surface area contributed by atoms with Crippen LogP contribution in [0.25, 0.3) is 77.8 Å². The largest absolute Gasteiger partial charge is 0.456 e. The molecule has 0 atom stereocenters. The smallest absolute Gasteiger partial charge is 0.135 e. The minimum Gasteiger partial charge on any atom is -0.456 e. The second-order valence-corrected chi connectivity index (χ2v) is 11.3. The zero-order chi connectivity index (χ0) is 29.7. The second-order valence-electron chi connectivity index (χ2n) is 11.3. The summed E-state index contributed by atoms with van der Waals surface area (Å²) in [5.41, 5.74) is 12.0. The van der Waals surface area contributed by atoms with Crippen molar-refractivity contribution in [3.05, 3.63) is 152 Å². The van der Waals surface area contributed by atoms with Crippen molar-refractivity contribution >= 4 is 21.8 Å². The van der Waals surface area contributed by atoms with Crippen LogP contribution in [-0.2, 0) is 0 Å². The van der Waals surface area contributed by atoms with E-state index < -0.39 is 0 Å². The molecule has 0 saturated heterocycles. The van der Waals surface area contributed by atoms with E-state index in [4.69, 9.17) is 19.7 Å². The fourth-order valence-corrected chi connectivity index (χ4v) is 6.33. The van der Waals surface area contributed by atoms with Crippen LogP contribution in [0.1, 0.15) is 0 Å². The van der Waals surface area contributed by atoms with E-state index in [1.807, 2.05) is 60.8 Å². The Balaban J connectivity index is 1.14. The van der Waals surface area contributed by atoms with E-state index in [0.717, 1.165) is 83.8 Å². The van der Waals surface area contributed by atoms with Crippen molar-refractivity contribution in [2.75, 3.05) is 0 Å². The van der Waals surface area contributed by atoms with Crippen molar-refractivity contribution < 1.29 is 4.74 Å². The maximum atomic E-state index is 6.30. The van der Waals surface area contributed by atoms with Gasteiger partial charge in [0, 0.05) is 27.6 Å². The fraction of sp³-hybridized carbons (Fsp3) is 0. The first-order chi connectivity index (χ1) is 22.3. The third kappa shape index (κ3) is 4.35. The van der Waals surface area contributed by atoms with Gasteiger partial charge in [0.25, 0.3) is 0 Å². The lowest BCUT2D eigenvalue weighted by molar-refractivity contribution is 0.487. The summed E-state index contributed by atoms with van der Waals surface area (Å²) in [5.74, 6) is 1.75. The van der Waals surface area contributed by atoms with Gasteiger partial charge in [-0.05, 0) is 64.5 Å². The molecule has 0 aliphatic carbocycles. The minimum atomic E-state index is 0.833. The van der Waals surface area contributed by atoms with Gasteiger partial charge < -0.3 is 4.74 Å². The molecule has 0 fully saturated rings. The molecular weight excluding hydrogens is 550 g/mol. The lowest BCUT2D eigenvalue weighted by Crippen LogP contribution is -1.98. The fourth-order valence-electron chi connectivity index (χ4n) is 6.33. The summed E-state index contributed by atoms with van der Waals surface area (Å²) in [7, 11) is 0. The van der Waals surface area contributed by atoms with Gasteiger partial charge in [-0.1, -0.05) is 103 Å². The van der Waals surface area contributed by atoms with Crippen LogP contribution in [0.15, 0.2) is 152 Å². The molecule has 1 aliphatic rings. The first-order valence-electron chi connectivity index (χ1n) is 15.0. The molecule has 9 rings (SSSR count). The van der Waals surface area contributed by atoms with E-state index in [0.29, 0.717) is 0 Å². The molecule has 2 aromatic heterocycles. The molecule has 6 aromatic carbocycles. The summed E-state index contributed by atoms with van der Waals surface area (Å²) in [5, 5.41) is 2.20. The minimum absolute atomic E-state index is 0.833. The van der Waals surface area contributed by atoms with Crippen LogP contribution in [-0.4, -0.2) is 15.0 Å². The van der Waals surface area contributed by atoms with Crippen molar-refractivity contribution in [1.82, 2.24) is 15.0 Å². The van der Waals surface area contributed by atoms with Crippen molar-refractivity contribution in [3.63, 3.8) is 0 Å². The van der Waals surface area contributed by atoms with Gasteiger partial charge in [0.15, 0.2) is 0 Å². The molecule has 0 amide bonds. The summed E-state index contributed by atoms with van der Waals surface area (Å²) >= 11 is 0. The van der Waals surface area contributed by atoms with Gasteiger partial charge in [0.1, 0.15) is 11.5 Å². The molecule has 4 nitrogen and oxygen atoms in total. The average Bonchev–Trinajstić information content (AvgIpc) is 3.12. The summed E-state index contributed by atoms with van der Waals surface area (Å²) in [4.78, 5) is 15.0. The summed E-state index contributed by atoms with van der Waals surface area (Å²) in [6, 6.07) is 50.0. The number of nitrogens with zero attached hydrogens (tertiary/aromatic N) is 3. The third-order valence-electron chi connectivity index (χ3n) is 8.52. The number of pyridine rings is 1. The zero-order valence-corrected chi connectivity index (χ0v) is 24.2. The monoisotopic (exact) mass is 575 g/mol. The van der Waals surface area contributed by atoms with Gasteiger partial charge in [0.2, 0.25) is 0 Å². The Morgan fingerprint density at radius 1 is 0.400 bits per heavy atom. The highest BCUT2D eigenvalue weighted by Crippen LogP contribution is 2.48. The van der Waals surface area contributed by atoms with E-state index in [9.17, 15) is 0 Å². The van der Waals surface area contributed by atoms with Crippen molar-refractivity contribution in [3.8, 4) is 67.5 Å². The van der Waals surface area contributed by atoms with Crippen molar-refractivity contribution in [1.29, 1.82) is 0 Å². The number of hydrogen-bond acceptors (Lipinski definition) is 4. The van der Waals surface area contributed by atoms with Gasteiger partial charge in [-0.15, -0.1) is 0 Å². The van der Waals surface area contributed by atoms with Crippen molar-refractivity contribution in [2.24, 2.45) is 0 Å². The van der Waals surface area contributed by atoms with Crippen LogP contribution >= 0.6 is 0 Å². The van der Waals surface area contributed by atoms with Gasteiger partial charge >= 0.3 is 0 Å². The summed E-state index contributed by atoms with van der Waals surface area (Å²) < 4.78 is 6.30. The number of fused-ring (bicyclic) bond motifs is 3. The molecule has 0 saturated carbocycles. The van der Waals surface area contributed by atoms with Gasteiger partial charge in [-0.3, -0.25) is 4.98 Å². The van der Waals surface area contributed by atoms with Crippen LogP contribution in [0.3, 0.4) is 0 Å². The summed E-state index contributed by atoms with van der Waals surface area (Å²) in [6.07, 6.45) is 1.88. The van der Waals surface area contributed by atoms with E-state index in [1.165, 1.54) is 5.56 Å². The Kier molecular flexibility index (Phi) is 5.78. The number of para-hydroxylation sites is 1. The molecule has 3 heterocycles. The van der Waals surface area contributed by atoms with Crippen LogP contribution < -0.4 is 4.74 Å². The van der Waals surface area contributed by atoms with E-state index in [1.54, 1.807) is 0 Å². The number of ether oxygens (including phenoxy) is 1. The highest BCUT2D eigenvalue weighted by Gasteiger charge is 2.21. The highest BCUT2D eigenvalue weighted by molar-refractivity contribution is 6.09. The van der Waals surface area contributed by atoms with Crippen molar-refractivity contribution in [2.45, 2.75) is 0 Å². The maximum Gasteiger partial charge on any atom is 0.135 e. The number of benzene rings is 6. The third-order valence-corrected chi connectivity index (χ3v) is 8.52. The molecule has 45 heavy (non-hydrogen) atoms. The number of aromatic nitrogens is 3. The van der Waals surface area contributed by atoms with E-state index in [-0.39, 0.29) is 0 Å². The highest BCUT2D eigenvalue weighted by atomic mass is 16.5. The molecule has 0 bridgehead atoms. The Bertz CT molecular complexity index is 2340. The molecule has 0 N–H and O–H groups in total. The number of hydrogen-bond donors (Lipinski definition) is 0. The topological polar surface area (TPSA) is 47.9 Å². The van der Waals surface area contributed by atoms with Gasteiger partial charge in [-0.2, -0.15) is 0 Å². The predicted molar refractivity (Wildman–Crippen MR) is 182 cm³/mol. The molecule has 8 aromatic rings. The summed E-state index contributed by atoms with van der Waals surface area (Å²) in [6.45, 7) is 0. The van der Waals surface area contributed by atoms with Gasteiger partial charge in [0.05, 0.1) is 34.3 Å². The first kappa shape index (κ1) is 25.4. The molecule has 0 unspecified atom stereocenters. The van der Waals surface area contributed by atoms with E-state index in [2.05, 4.69) is 91.0 Å². The number of rotatable bonds is 4. The quantitative estimate of drug-likeness (QED) is 0.209. The Labute approximate surface area is 260 Å². The van der Waals surface area contributed by atoms with Crippen LogP contribution in [0, 0.1) is 0 Å². The molecule has 1 aliphatic heterocycles. The van der Waals surface area contributed by atoms with Gasteiger partial charge in [-0.25, -0.2) is 9.97 Å². The Morgan fingerprint density at radius 3 is 1.89 bits per heavy atom. The first-order valence-corrected chi connectivity index (χ1v) is 15.0. The van der Waals surface area contributed by atoms with Crippen LogP contribution in [0.5, 0.6) is 11.5 Å². The lowest BCUT2D eigenvalue weighted by Gasteiger charge is -2.22. The second kappa shape index (κ2) is 10.2. The maximum absolute atomic E-state index is 6.30. The predicted octanol–water partition coefficient (Wildman–Crippen LogP) is 10.6. The lowest BCUT2D eigenvalue weighted by atomic mass is 9.92. The van der Waals surface area contributed by atoms with Crippen LogP contribution in [0.4, 0.5) is 0 Å². The van der Waals surface area contributed by atoms with Crippen LogP contribution in [0.2, 0.25) is 0 Å². The normalized spacial score (nSPS) is 11.7.